The minimum atomic E-state index is -0.966. The van der Waals surface area contributed by atoms with E-state index in [1.165, 1.54) is 6.92 Å². The van der Waals surface area contributed by atoms with Gasteiger partial charge in [0, 0.05) is 11.1 Å². The number of carbonyl (C=O) groups excluding carboxylic acids is 2. The maximum Gasteiger partial charge on any atom is 0.339 e. The van der Waals surface area contributed by atoms with Crippen molar-refractivity contribution >= 4 is 22.8 Å². The van der Waals surface area contributed by atoms with E-state index in [4.69, 9.17) is 15.5 Å². The fourth-order valence-electron chi connectivity index (χ4n) is 3.64. The van der Waals surface area contributed by atoms with E-state index in [2.05, 4.69) is 20.8 Å². The van der Waals surface area contributed by atoms with Gasteiger partial charge in [0.25, 0.3) is 5.91 Å². The van der Waals surface area contributed by atoms with E-state index in [0.29, 0.717) is 11.5 Å². The number of esters is 1. The largest absolute Gasteiger partial charge is 0.449 e. The molecule has 0 saturated heterocycles. The van der Waals surface area contributed by atoms with Crippen molar-refractivity contribution in [2.75, 3.05) is 0 Å². The molecule has 2 aromatic rings. The molecule has 2 N–H and O–H groups in total. The van der Waals surface area contributed by atoms with Gasteiger partial charge in [0.1, 0.15) is 0 Å². The van der Waals surface area contributed by atoms with Gasteiger partial charge in [-0.05, 0) is 49.1 Å². The van der Waals surface area contributed by atoms with Crippen LogP contribution in [0, 0.1) is 11.3 Å². The topological polar surface area (TPSA) is 82.3 Å². The quantitative estimate of drug-likeness (QED) is 0.856. The highest BCUT2D eigenvalue weighted by molar-refractivity contribution is 6.05. The van der Waals surface area contributed by atoms with Crippen LogP contribution in [0.25, 0.3) is 10.9 Å². The van der Waals surface area contributed by atoms with Gasteiger partial charge in [0.05, 0.1) is 11.1 Å². The second-order valence-corrected chi connectivity index (χ2v) is 8.18. The molecule has 0 saturated carbocycles. The number of aryl methyl sites for hydroxylation is 1. The van der Waals surface area contributed by atoms with Crippen LogP contribution in [0.5, 0.6) is 0 Å². The molecular formula is C21H26N2O3. The van der Waals surface area contributed by atoms with E-state index in [9.17, 15) is 9.59 Å². The Morgan fingerprint density at radius 3 is 2.62 bits per heavy atom. The summed E-state index contributed by atoms with van der Waals surface area (Å²) in [6.45, 7) is 8.17. The van der Waals surface area contributed by atoms with Gasteiger partial charge in [-0.15, -0.1) is 0 Å². The second kappa shape index (κ2) is 6.71. The number of nitrogens with zero attached hydrogens (tertiary/aromatic N) is 1. The molecule has 1 aliphatic rings. The van der Waals surface area contributed by atoms with Crippen molar-refractivity contribution in [2.45, 2.75) is 53.1 Å². The van der Waals surface area contributed by atoms with Gasteiger partial charge in [-0.2, -0.15) is 0 Å². The number of aromatic nitrogens is 1. The molecule has 2 atom stereocenters. The lowest BCUT2D eigenvalue weighted by atomic mass is 9.70. The number of ether oxygens (including phenoxy) is 1. The first-order chi connectivity index (χ1) is 12.2. The van der Waals surface area contributed by atoms with Gasteiger partial charge in [-0.3, -0.25) is 9.78 Å². The smallest absolute Gasteiger partial charge is 0.339 e. The van der Waals surface area contributed by atoms with Crippen LogP contribution in [0.2, 0.25) is 0 Å². The molecule has 1 aliphatic carbocycles. The molecular weight excluding hydrogens is 328 g/mol. The molecule has 1 aromatic heterocycles. The van der Waals surface area contributed by atoms with E-state index in [-0.39, 0.29) is 5.41 Å². The number of hydrogen-bond acceptors (Lipinski definition) is 4. The van der Waals surface area contributed by atoms with Crippen molar-refractivity contribution in [1.29, 1.82) is 0 Å². The highest BCUT2D eigenvalue weighted by atomic mass is 16.5. The lowest BCUT2D eigenvalue weighted by molar-refractivity contribution is -0.125. The Kier molecular flexibility index (Phi) is 4.74. The first kappa shape index (κ1) is 18.4. The van der Waals surface area contributed by atoms with E-state index >= 15 is 0 Å². The monoisotopic (exact) mass is 354 g/mol. The lowest BCUT2D eigenvalue weighted by Crippen LogP contribution is -2.32. The zero-order valence-electron chi connectivity index (χ0n) is 15.8. The van der Waals surface area contributed by atoms with Gasteiger partial charge in [-0.25, -0.2) is 4.79 Å². The molecule has 1 heterocycles. The predicted octanol–water partition coefficient (Wildman–Crippen LogP) is 3.42. The third-order valence-corrected chi connectivity index (χ3v) is 5.37. The Morgan fingerprint density at radius 1 is 1.27 bits per heavy atom. The summed E-state index contributed by atoms with van der Waals surface area (Å²) in [5, 5.41) is 0.766. The number of rotatable bonds is 3. The fourth-order valence-corrected chi connectivity index (χ4v) is 3.64. The van der Waals surface area contributed by atoms with Crippen molar-refractivity contribution in [1.82, 2.24) is 4.98 Å². The Morgan fingerprint density at radius 2 is 1.96 bits per heavy atom. The predicted molar refractivity (Wildman–Crippen MR) is 101 cm³/mol. The minimum Gasteiger partial charge on any atom is -0.449 e. The SMILES string of the molecule is CC(OC(=O)c1c2c(nc3ccccc13)CCC(C(C)(C)C)C2)C(N)=O. The van der Waals surface area contributed by atoms with Crippen LogP contribution in [-0.4, -0.2) is 23.0 Å². The highest BCUT2D eigenvalue weighted by Crippen LogP contribution is 2.39. The third-order valence-electron chi connectivity index (χ3n) is 5.37. The first-order valence-electron chi connectivity index (χ1n) is 9.09. The summed E-state index contributed by atoms with van der Waals surface area (Å²) < 4.78 is 5.35. The fraction of sp³-hybridized carbons (Fsp3) is 0.476. The molecule has 138 valence electrons. The lowest BCUT2D eigenvalue weighted by Gasteiger charge is -2.35. The number of amides is 1. The second-order valence-electron chi connectivity index (χ2n) is 8.18. The highest BCUT2D eigenvalue weighted by Gasteiger charge is 2.33. The van der Waals surface area contributed by atoms with Gasteiger partial charge in [-0.1, -0.05) is 39.0 Å². The molecule has 0 fully saturated rings. The van der Waals surface area contributed by atoms with Crippen LogP contribution in [0.3, 0.4) is 0 Å². The number of primary amides is 1. The zero-order chi connectivity index (χ0) is 19.1. The van der Waals surface area contributed by atoms with Gasteiger partial charge in [0.2, 0.25) is 0 Å². The molecule has 2 unspecified atom stereocenters. The van der Waals surface area contributed by atoms with Crippen molar-refractivity contribution in [3.05, 3.63) is 41.1 Å². The number of benzene rings is 1. The van der Waals surface area contributed by atoms with Crippen molar-refractivity contribution < 1.29 is 14.3 Å². The number of hydrogen-bond donors (Lipinski definition) is 1. The summed E-state index contributed by atoms with van der Waals surface area (Å²) in [5.74, 6) is -0.697. The third kappa shape index (κ3) is 3.43. The van der Waals surface area contributed by atoms with Crippen LogP contribution in [0.4, 0.5) is 0 Å². The summed E-state index contributed by atoms with van der Waals surface area (Å²) in [6, 6.07) is 7.58. The van der Waals surface area contributed by atoms with E-state index in [1.54, 1.807) is 0 Å². The Bertz CT molecular complexity index is 867. The molecule has 1 aromatic carbocycles. The molecule has 5 nitrogen and oxygen atoms in total. The van der Waals surface area contributed by atoms with E-state index in [0.717, 1.165) is 41.4 Å². The van der Waals surface area contributed by atoms with Crippen molar-refractivity contribution in [3.63, 3.8) is 0 Å². The van der Waals surface area contributed by atoms with Crippen molar-refractivity contribution in [2.24, 2.45) is 17.1 Å². The minimum absolute atomic E-state index is 0.144. The van der Waals surface area contributed by atoms with Crippen LogP contribution in [-0.2, 0) is 22.4 Å². The van der Waals surface area contributed by atoms with E-state index < -0.39 is 18.0 Å². The van der Waals surface area contributed by atoms with Crippen LogP contribution >= 0.6 is 0 Å². The van der Waals surface area contributed by atoms with E-state index in [1.807, 2.05) is 24.3 Å². The van der Waals surface area contributed by atoms with Gasteiger partial charge >= 0.3 is 5.97 Å². The molecule has 26 heavy (non-hydrogen) atoms. The maximum absolute atomic E-state index is 12.9. The number of carbonyl (C=O) groups is 2. The van der Waals surface area contributed by atoms with Crippen LogP contribution in [0.1, 0.15) is 55.7 Å². The first-order valence-corrected chi connectivity index (χ1v) is 9.09. The summed E-state index contributed by atoms with van der Waals surface area (Å²) in [5.41, 5.74) is 8.64. The molecule has 0 radical (unpaired) electrons. The normalized spacial score (nSPS) is 18.2. The number of fused-ring (bicyclic) bond motifs is 2. The number of pyridine rings is 1. The number of para-hydroxylation sites is 1. The average Bonchev–Trinajstić information content (AvgIpc) is 2.57. The summed E-state index contributed by atoms with van der Waals surface area (Å²) >= 11 is 0. The summed E-state index contributed by atoms with van der Waals surface area (Å²) in [6.07, 6.45) is 1.71. The summed E-state index contributed by atoms with van der Waals surface area (Å²) in [7, 11) is 0. The molecule has 0 aliphatic heterocycles. The number of nitrogens with two attached hydrogens (primary N) is 1. The zero-order valence-corrected chi connectivity index (χ0v) is 15.8. The standard InChI is InChI=1S/C21H26N2O3/c1-12(19(22)24)26-20(25)18-14-7-5-6-8-16(14)23-17-10-9-13(11-15(17)18)21(2,3)4/h5-8,12-13H,9-11H2,1-4H3,(H2,22,24). The Balaban J connectivity index is 2.13. The molecule has 0 bridgehead atoms. The van der Waals surface area contributed by atoms with Crippen LogP contribution in [0.15, 0.2) is 24.3 Å². The molecule has 0 spiro atoms. The van der Waals surface area contributed by atoms with Crippen molar-refractivity contribution in [3.8, 4) is 0 Å². The molecule has 3 rings (SSSR count). The average molecular weight is 354 g/mol. The van der Waals surface area contributed by atoms with Gasteiger partial charge in [0.15, 0.2) is 6.10 Å². The van der Waals surface area contributed by atoms with Gasteiger partial charge < -0.3 is 10.5 Å². The summed E-state index contributed by atoms with van der Waals surface area (Å²) in [4.78, 5) is 29.1. The molecule has 1 amide bonds. The maximum atomic E-state index is 12.9. The van der Waals surface area contributed by atoms with Crippen LogP contribution < -0.4 is 5.73 Å². The Hall–Kier alpha value is -2.43. The Labute approximate surface area is 153 Å². The molecule has 5 heteroatoms.